The number of carbonyl (C=O) groups is 1. The minimum absolute atomic E-state index is 0.136. The maximum Gasteiger partial charge on any atom is 0.219 e. The van der Waals surface area contributed by atoms with E-state index in [2.05, 4.69) is 20.2 Å². The summed E-state index contributed by atoms with van der Waals surface area (Å²) in [7, 11) is 1.78. The Labute approximate surface area is 135 Å². The molecule has 122 valence electrons. The molecule has 2 aromatic heterocycles. The van der Waals surface area contributed by atoms with Crippen molar-refractivity contribution >= 4 is 17.5 Å². The van der Waals surface area contributed by atoms with Gasteiger partial charge in [-0.2, -0.15) is 0 Å². The quantitative estimate of drug-likeness (QED) is 0.650. The van der Waals surface area contributed by atoms with E-state index in [0.717, 1.165) is 43.5 Å². The largest absolute Gasteiger partial charge is 0.351 e. The minimum atomic E-state index is 0.136. The van der Waals surface area contributed by atoms with Crippen molar-refractivity contribution in [3.05, 3.63) is 36.3 Å². The molecule has 1 aliphatic heterocycles. The third-order valence-corrected chi connectivity index (χ3v) is 4.08. The number of amides is 1. The standard InChI is InChI=1S/C16H22N6O/c1-13(23)20-7-9-21(10-8-20)16(17-2)18-11-14-12-22-6-4-3-5-15(22)19-14/h3-6,12H,7-11H2,1-2H3,(H,17,18). The highest BCUT2D eigenvalue weighted by atomic mass is 16.2. The summed E-state index contributed by atoms with van der Waals surface area (Å²) in [5.74, 6) is 0.988. The monoisotopic (exact) mass is 314 g/mol. The van der Waals surface area contributed by atoms with Crippen molar-refractivity contribution < 1.29 is 4.79 Å². The zero-order valence-corrected chi connectivity index (χ0v) is 13.6. The average Bonchev–Trinajstić information content (AvgIpc) is 2.98. The van der Waals surface area contributed by atoms with Crippen LogP contribution >= 0.6 is 0 Å². The van der Waals surface area contributed by atoms with Crippen molar-refractivity contribution in [2.75, 3.05) is 33.2 Å². The topological polar surface area (TPSA) is 65.2 Å². The third-order valence-electron chi connectivity index (χ3n) is 4.08. The lowest BCUT2D eigenvalue weighted by atomic mass is 10.3. The Kier molecular flexibility index (Phi) is 4.45. The number of carbonyl (C=O) groups excluding carboxylic acids is 1. The number of nitrogens with zero attached hydrogens (tertiary/aromatic N) is 5. The summed E-state index contributed by atoms with van der Waals surface area (Å²) in [6.45, 7) is 5.32. The predicted molar refractivity (Wildman–Crippen MR) is 89.2 cm³/mol. The summed E-state index contributed by atoms with van der Waals surface area (Å²) < 4.78 is 2.01. The Morgan fingerprint density at radius 3 is 2.65 bits per heavy atom. The lowest BCUT2D eigenvalue weighted by molar-refractivity contribution is -0.130. The lowest BCUT2D eigenvalue weighted by Crippen LogP contribution is -2.53. The van der Waals surface area contributed by atoms with Gasteiger partial charge in [-0.3, -0.25) is 9.79 Å². The third kappa shape index (κ3) is 3.44. The first-order valence-electron chi connectivity index (χ1n) is 7.81. The van der Waals surface area contributed by atoms with Crippen LogP contribution in [0.5, 0.6) is 0 Å². The molecule has 23 heavy (non-hydrogen) atoms. The predicted octanol–water partition coefficient (Wildman–Crippen LogP) is 0.574. The number of imidazole rings is 1. The van der Waals surface area contributed by atoms with Crippen LogP contribution in [0.1, 0.15) is 12.6 Å². The Morgan fingerprint density at radius 1 is 1.26 bits per heavy atom. The van der Waals surface area contributed by atoms with E-state index in [4.69, 9.17) is 0 Å². The van der Waals surface area contributed by atoms with Gasteiger partial charge in [-0.25, -0.2) is 4.98 Å². The molecule has 7 nitrogen and oxygen atoms in total. The van der Waals surface area contributed by atoms with Gasteiger partial charge in [0.05, 0.1) is 12.2 Å². The summed E-state index contributed by atoms with van der Waals surface area (Å²) in [4.78, 5) is 24.4. The minimum Gasteiger partial charge on any atom is -0.351 e. The summed E-state index contributed by atoms with van der Waals surface area (Å²) in [5.41, 5.74) is 1.91. The van der Waals surface area contributed by atoms with Gasteiger partial charge in [-0.15, -0.1) is 0 Å². The Hall–Kier alpha value is -2.57. The maximum atomic E-state index is 11.4. The molecule has 0 saturated carbocycles. The number of guanidine groups is 1. The second-order valence-corrected chi connectivity index (χ2v) is 5.59. The number of piperazine rings is 1. The van der Waals surface area contributed by atoms with Gasteiger partial charge in [0.2, 0.25) is 5.91 Å². The first-order chi connectivity index (χ1) is 11.2. The SMILES string of the molecule is CN=C(NCc1cn2ccccc2n1)N1CCN(C(C)=O)CC1. The molecule has 0 unspecified atom stereocenters. The fourth-order valence-electron chi connectivity index (χ4n) is 2.81. The summed E-state index contributed by atoms with van der Waals surface area (Å²) in [6.07, 6.45) is 4.00. The first-order valence-corrected chi connectivity index (χ1v) is 7.81. The highest BCUT2D eigenvalue weighted by Gasteiger charge is 2.20. The van der Waals surface area contributed by atoms with Crippen molar-refractivity contribution in [3.63, 3.8) is 0 Å². The van der Waals surface area contributed by atoms with E-state index in [9.17, 15) is 4.79 Å². The number of aromatic nitrogens is 2. The normalized spacial score (nSPS) is 16.0. The molecule has 1 saturated heterocycles. The lowest BCUT2D eigenvalue weighted by Gasteiger charge is -2.36. The van der Waals surface area contributed by atoms with Crippen molar-refractivity contribution in [1.82, 2.24) is 24.5 Å². The van der Waals surface area contributed by atoms with Crippen molar-refractivity contribution in [1.29, 1.82) is 0 Å². The molecule has 1 fully saturated rings. The Morgan fingerprint density at radius 2 is 2.00 bits per heavy atom. The molecule has 0 bridgehead atoms. The molecular formula is C16H22N6O. The van der Waals surface area contributed by atoms with Crippen LogP contribution in [0.15, 0.2) is 35.6 Å². The van der Waals surface area contributed by atoms with E-state index in [-0.39, 0.29) is 5.91 Å². The molecule has 0 atom stereocenters. The van der Waals surface area contributed by atoms with Gasteiger partial charge in [0.25, 0.3) is 0 Å². The molecule has 3 rings (SSSR count). The van der Waals surface area contributed by atoms with Crippen LogP contribution in [-0.2, 0) is 11.3 Å². The molecular weight excluding hydrogens is 292 g/mol. The van der Waals surface area contributed by atoms with E-state index in [1.54, 1.807) is 14.0 Å². The maximum absolute atomic E-state index is 11.4. The Bertz CT molecular complexity index is 681. The fraction of sp³-hybridized carbons (Fsp3) is 0.438. The molecule has 0 aromatic carbocycles. The van der Waals surface area contributed by atoms with Gasteiger partial charge >= 0.3 is 0 Å². The summed E-state index contributed by atoms with van der Waals surface area (Å²) in [6, 6.07) is 5.95. The average molecular weight is 314 g/mol. The van der Waals surface area contributed by atoms with E-state index >= 15 is 0 Å². The zero-order chi connectivity index (χ0) is 16.2. The second-order valence-electron chi connectivity index (χ2n) is 5.59. The van der Waals surface area contributed by atoms with Crippen LogP contribution < -0.4 is 5.32 Å². The van der Waals surface area contributed by atoms with Crippen LogP contribution in [0.2, 0.25) is 0 Å². The smallest absolute Gasteiger partial charge is 0.219 e. The summed E-state index contributed by atoms with van der Waals surface area (Å²) in [5, 5.41) is 3.36. The number of fused-ring (bicyclic) bond motifs is 1. The highest BCUT2D eigenvalue weighted by Crippen LogP contribution is 2.06. The van der Waals surface area contributed by atoms with Crippen molar-refractivity contribution in [2.45, 2.75) is 13.5 Å². The molecule has 0 aliphatic carbocycles. The van der Waals surface area contributed by atoms with E-state index in [0.29, 0.717) is 6.54 Å². The number of hydrogen-bond acceptors (Lipinski definition) is 3. The first kappa shape index (κ1) is 15.3. The van der Waals surface area contributed by atoms with E-state index in [1.165, 1.54) is 0 Å². The Balaban J connectivity index is 1.59. The van der Waals surface area contributed by atoms with Gasteiger partial charge in [0.15, 0.2) is 5.96 Å². The zero-order valence-electron chi connectivity index (χ0n) is 13.6. The second kappa shape index (κ2) is 6.68. The van der Waals surface area contributed by atoms with Gasteiger partial charge in [-0.05, 0) is 12.1 Å². The molecule has 1 N–H and O–H groups in total. The van der Waals surface area contributed by atoms with Crippen LogP contribution in [0, 0.1) is 0 Å². The van der Waals surface area contributed by atoms with Crippen LogP contribution in [0.25, 0.3) is 5.65 Å². The molecule has 7 heteroatoms. The molecule has 0 radical (unpaired) electrons. The molecule has 1 aliphatic rings. The highest BCUT2D eigenvalue weighted by molar-refractivity contribution is 5.80. The van der Waals surface area contributed by atoms with Gasteiger partial charge in [0, 0.05) is 52.5 Å². The molecule has 1 amide bonds. The summed E-state index contributed by atoms with van der Waals surface area (Å²) >= 11 is 0. The number of rotatable bonds is 2. The van der Waals surface area contributed by atoms with Crippen molar-refractivity contribution in [2.24, 2.45) is 4.99 Å². The van der Waals surface area contributed by atoms with Crippen LogP contribution in [0.4, 0.5) is 0 Å². The fourth-order valence-corrected chi connectivity index (χ4v) is 2.81. The molecule has 2 aromatic rings. The number of aliphatic imine (C=N–C) groups is 1. The van der Waals surface area contributed by atoms with Crippen molar-refractivity contribution in [3.8, 4) is 0 Å². The van der Waals surface area contributed by atoms with E-state index in [1.807, 2.05) is 39.9 Å². The van der Waals surface area contributed by atoms with Gasteiger partial charge in [0.1, 0.15) is 5.65 Å². The van der Waals surface area contributed by atoms with Crippen LogP contribution in [-0.4, -0.2) is 64.3 Å². The number of pyridine rings is 1. The van der Waals surface area contributed by atoms with Crippen LogP contribution in [0.3, 0.4) is 0 Å². The van der Waals surface area contributed by atoms with Gasteiger partial charge < -0.3 is 19.5 Å². The number of hydrogen-bond donors (Lipinski definition) is 1. The van der Waals surface area contributed by atoms with Gasteiger partial charge in [-0.1, -0.05) is 6.07 Å². The number of nitrogens with one attached hydrogen (secondary N) is 1. The molecule has 0 spiro atoms. The molecule has 3 heterocycles. The van der Waals surface area contributed by atoms with E-state index < -0.39 is 0 Å².